The molecule has 0 N–H and O–H groups in total. The van der Waals surface area contributed by atoms with Crippen LogP contribution in [0.5, 0.6) is 5.75 Å². The second kappa shape index (κ2) is 6.23. The van der Waals surface area contributed by atoms with E-state index in [2.05, 4.69) is 27.3 Å². The maximum absolute atomic E-state index is 5.59. The Hall–Kier alpha value is -3.60. The van der Waals surface area contributed by atoms with Gasteiger partial charge in [0.2, 0.25) is 0 Å². The van der Waals surface area contributed by atoms with Crippen molar-refractivity contribution in [1.82, 2.24) is 19.1 Å². The van der Waals surface area contributed by atoms with Gasteiger partial charge in [0.05, 0.1) is 29.2 Å². The van der Waals surface area contributed by atoms with Crippen LogP contribution in [-0.2, 0) is 14.1 Å². The fraction of sp³-hybridized carbons (Fsp3) is 0.130. The topological polar surface area (TPSA) is 44.9 Å². The van der Waals surface area contributed by atoms with Crippen LogP contribution in [0.1, 0.15) is 0 Å². The normalized spacial score (nSPS) is 11.4. The van der Waals surface area contributed by atoms with E-state index >= 15 is 0 Å². The second-order valence-electron chi connectivity index (χ2n) is 6.92. The predicted octanol–water partition coefficient (Wildman–Crippen LogP) is 4.80. The van der Waals surface area contributed by atoms with Gasteiger partial charge in [0.15, 0.2) is 0 Å². The molecule has 0 unspecified atom stereocenters. The lowest BCUT2D eigenvalue weighted by molar-refractivity contribution is 0.415. The van der Waals surface area contributed by atoms with Gasteiger partial charge in [-0.15, -0.1) is 0 Å². The summed E-state index contributed by atoms with van der Waals surface area (Å²) in [5, 5.41) is 0. The van der Waals surface area contributed by atoms with Gasteiger partial charge in [-0.2, -0.15) is 0 Å². The Kier molecular flexibility index (Phi) is 3.69. The summed E-state index contributed by atoms with van der Waals surface area (Å²) in [4.78, 5) is 9.68. The lowest BCUT2D eigenvalue weighted by atomic mass is 10.1. The molecule has 0 amide bonds. The van der Waals surface area contributed by atoms with E-state index < -0.39 is 0 Å². The molecule has 2 heterocycles. The van der Waals surface area contributed by atoms with E-state index in [-0.39, 0.29) is 0 Å². The Bertz CT molecular complexity index is 1230. The number of rotatable bonds is 3. The average Bonchev–Trinajstić information content (AvgIpc) is 3.25. The Labute approximate surface area is 162 Å². The number of hydrogen-bond acceptors (Lipinski definition) is 3. The molecule has 0 bridgehead atoms. The van der Waals surface area contributed by atoms with Gasteiger partial charge >= 0.3 is 0 Å². The minimum Gasteiger partial charge on any atom is -0.497 e. The van der Waals surface area contributed by atoms with Gasteiger partial charge in [-0.3, -0.25) is 0 Å². The van der Waals surface area contributed by atoms with Crippen LogP contribution in [0.4, 0.5) is 0 Å². The first kappa shape index (κ1) is 16.6. The fourth-order valence-electron chi connectivity index (χ4n) is 3.78. The van der Waals surface area contributed by atoms with Crippen LogP contribution in [0, 0.1) is 0 Å². The molecule has 5 aromatic rings. The summed E-state index contributed by atoms with van der Waals surface area (Å²) in [7, 11) is 5.77. The number of fused-ring (bicyclic) bond motifs is 2. The number of aryl methyl sites for hydroxylation is 2. The van der Waals surface area contributed by atoms with Gasteiger partial charge in [-0.05, 0) is 42.5 Å². The van der Waals surface area contributed by atoms with Crippen molar-refractivity contribution in [2.24, 2.45) is 14.1 Å². The summed E-state index contributed by atoms with van der Waals surface area (Å²) in [6, 6.07) is 22.5. The van der Waals surface area contributed by atoms with Gasteiger partial charge < -0.3 is 13.9 Å². The molecule has 5 rings (SSSR count). The minimum atomic E-state index is 0.784. The van der Waals surface area contributed by atoms with Crippen molar-refractivity contribution in [3.05, 3.63) is 66.7 Å². The first-order chi connectivity index (χ1) is 13.7. The quantitative estimate of drug-likeness (QED) is 0.459. The molecule has 0 aliphatic heterocycles. The molecule has 0 fully saturated rings. The van der Waals surface area contributed by atoms with Crippen molar-refractivity contribution in [3.63, 3.8) is 0 Å². The summed E-state index contributed by atoms with van der Waals surface area (Å²) in [5.41, 5.74) is 6.16. The van der Waals surface area contributed by atoms with E-state index in [4.69, 9.17) is 14.7 Å². The lowest BCUT2D eigenvalue weighted by Crippen LogP contribution is -1.97. The highest BCUT2D eigenvalue weighted by molar-refractivity contribution is 5.84. The Balaban J connectivity index is 1.74. The molecule has 0 aliphatic carbocycles. The number of aromatic nitrogens is 4. The number of benzene rings is 3. The van der Waals surface area contributed by atoms with Crippen molar-refractivity contribution in [1.29, 1.82) is 0 Å². The molecule has 0 saturated heterocycles. The lowest BCUT2D eigenvalue weighted by Gasteiger charge is -2.10. The van der Waals surface area contributed by atoms with E-state index in [9.17, 15) is 0 Å². The summed E-state index contributed by atoms with van der Waals surface area (Å²) in [6.45, 7) is 0. The largest absolute Gasteiger partial charge is 0.497 e. The SMILES string of the molecule is COc1cc(-c2nc3ccccc3n2C)cc(-c2nc3ccccc3n2C)c1. The van der Waals surface area contributed by atoms with E-state index in [1.54, 1.807) is 7.11 Å². The van der Waals surface area contributed by atoms with Gasteiger partial charge in [0.1, 0.15) is 17.4 Å². The van der Waals surface area contributed by atoms with Gasteiger partial charge in [0, 0.05) is 25.2 Å². The summed E-state index contributed by atoms with van der Waals surface area (Å²) in [6.07, 6.45) is 0. The van der Waals surface area contributed by atoms with Gasteiger partial charge in [0.25, 0.3) is 0 Å². The molecule has 0 atom stereocenters. The highest BCUT2D eigenvalue weighted by Gasteiger charge is 2.15. The molecule has 5 nitrogen and oxygen atoms in total. The highest BCUT2D eigenvalue weighted by atomic mass is 16.5. The minimum absolute atomic E-state index is 0.784. The number of hydrogen-bond donors (Lipinski definition) is 0. The van der Waals surface area contributed by atoms with Crippen LogP contribution in [0.15, 0.2) is 66.7 Å². The van der Waals surface area contributed by atoms with Crippen molar-refractivity contribution in [2.75, 3.05) is 7.11 Å². The summed E-state index contributed by atoms with van der Waals surface area (Å²) in [5.74, 6) is 2.59. The van der Waals surface area contributed by atoms with Crippen LogP contribution in [0.25, 0.3) is 44.8 Å². The number of imidazole rings is 2. The molecule has 0 aliphatic rings. The van der Waals surface area contributed by atoms with E-state index in [1.165, 1.54) is 0 Å². The smallest absolute Gasteiger partial charge is 0.141 e. The zero-order chi connectivity index (χ0) is 19.3. The van der Waals surface area contributed by atoms with E-state index in [1.807, 2.05) is 62.6 Å². The standard InChI is InChI=1S/C23H20N4O/c1-26-20-10-6-4-8-18(20)24-22(26)15-12-16(14-17(13-15)28-3)23-25-19-9-5-7-11-21(19)27(23)2/h4-14H,1-3H3. The van der Waals surface area contributed by atoms with Crippen LogP contribution in [-0.4, -0.2) is 26.2 Å². The first-order valence-electron chi connectivity index (χ1n) is 9.18. The van der Waals surface area contributed by atoms with Crippen molar-refractivity contribution < 1.29 is 4.74 Å². The van der Waals surface area contributed by atoms with Crippen LogP contribution >= 0.6 is 0 Å². The second-order valence-corrected chi connectivity index (χ2v) is 6.92. The van der Waals surface area contributed by atoms with Crippen LogP contribution < -0.4 is 4.74 Å². The molecule has 138 valence electrons. The Morgan fingerprint density at radius 2 is 1.14 bits per heavy atom. The number of nitrogens with zero attached hydrogens (tertiary/aromatic N) is 4. The van der Waals surface area contributed by atoms with Crippen molar-refractivity contribution in [3.8, 4) is 28.5 Å². The van der Waals surface area contributed by atoms with E-state index in [0.717, 1.165) is 50.6 Å². The van der Waals surface area contributed by atoms with E-state index in [0.29, 0.717) is 0 Å². The first-order valence-corrected chi connectivity index (χ1v) is 9.18. The maximum Gasteiger partial charge on any atom is 0.141 e. The fourth-order valence-corrected chi connectivity index (χ4v) is 3.78. The zero-order valence-electron chi connectivity index (χ0n) is 16.0. The Morgan fingerprint density at radius 1 is 0.679 bits per heavy atom. The number of ether oxygens (including phenoxy) is 1. The number of para-hydroxylation sites is 4. The van der Waals surface area contributed by atoms with Crippen molar-refractivity contribution >= 4 is 22.1 Å². The molecule has 3 aromatic carbocycles. The molecular formula is C23H20N4O. The average molecular weight is 368 g/mol. The predicted molar refractivity (Wildman–Crippen MR) is 112 cm³/mol. The molecule has 28 heavy (non-hydrogen) atoms. The maximum atomic E-state index is 5.59. The highest BCUT2D eigenvalue weighted by Crippen LogP contribution is 2.33. The van der Waals surface area contributed by atoms with Gasteiger partial charge in [-0.1, -0.05) is 24.3 Å². The van der Waals surface area contributed by atoms with Crippen LogP contribution in [0.2, 0.25) is 0 Å². The van der Waals surface area contributed by atoms with Crippen LogP contribution in [0.3, 0.4) is 0 Å². The third-order valence-electron chi connectivity index (χ3n) is 5.23. The molecule has 0 saturated carbocycles. The summed E-state index contributed by atoms with van der Waals surface area (Å²) < 4.78 is 9.82. The molecule has 2 aromatic heterocycles. The van der Waals surface area contributed by atoms with Crippen molar-refractivity contribution in [2.45, 2.75) is 0 Å². The van der Waals surface area contributed by atoms with Gasteiger partial charge in [-0.25, -0.2) is 9.97 Å². The third kappa shape index (κ3) is 2.47. The molecule has 0 spiro atoms. The molecular weight excluding hydrogens is 348 g/mol. The number of methoxy groups -OCH3 is 1. The monoisotopic (exact) mass is 368 g/mol. The molecule has 0 radical (unpaired) electrons. The Morgan fingerprint density at radius 3 is 1.57 bits per heavy atom. The third-order valence-corrected chi connectivity index (χ3v) is 5.23. The molecule has 5 heteroatoms. The zero-order valence-corrected chi connectivity index (χ0v) is 16.0. The summed E-state index contributed by atoms with van der Waals surface area (Å²) >= 11 is 0.